The van der Waals surface area contributed by atoms with E-state index in [0.717, 1.165) is 0 Å². The fourth-order valence-electron chi connectivity index (χ4n) is 5.05. The second-order valence-electron chi connectivity index (χ2n) is 14.7. The maximum atomic E-state index is 13.1. The van der Waals surface area contributed by atoms with Gasteiger partial charge in [0.05, 0.1) is 11.1 Å². The van der Waals surface area contributed by atoms with Crippen molar-refractivity contribution in [1.29, 1.82) is 0 Å². The van der Waals surface area contributed by atoms with E-state index in [-0.39, 0.29) is 41.6 Å². The number of ether oxygens (including phenoxy) is 3. The lowest BCUT2D eigenvalue weighted by molar-refractivity contribution is -0.141. The van der Waals surface area contributed by atoms with Gasteiger partial charge in [-0.3, -0.25) is 10.1 Å². The van der Waals surface area contributed by atoms with E-state index in [9.17, 15) is 33.9 Å². The Kier molecular flexibility index (Phi) is 15.1. The van der Waals surface area contributed by atoms with E-state index in [1.807, 2.05) is 0 Å². The van der Waals surface area contributed by atoms with Crippen LogP contribution < -0.4 is 16.0 Å². The predicted octanol–water partition coefficient (Wildman–Crippen LogP) is 6.77. The van der Waals surface area contributed by atoms with E-state index >= 15 is 0 Å². The zero-order valence-corrected chi connectivity index (χ0v) is 31.8. The number of carboxylic acids is 2. The van der Waals surface area contributed by atoms with Gasteiger partial charge >= 0.3 is 30.1 Å². The van der Waals surface area contributed by atoms with Crippen LogP contribution in [0.25, 0.3) is 0 Å². The van der Waals surface area contributed by atoms with E-state index in [2.05, 4.69) is 27.5 Å². The first kappa shape index (κ1) is 43.2. The molecule has 0 fully saturated rings. The van der Waals surface area contributed by atoms with E-state index < -0.39 is 53.2 Å². The number of nitrogens with one attached hydrogen (secondary N) is 3. The van der Waals surface area contributed by atoms with E-state index in [1.54, 1.807) is 59.8 Å². The Morgan fingerprint density at radius 1 is 0.873 bits per heavy atom. The standard InChI is InChI=1S/C40H48N4O11/c1-24-12-21-30(11-9-8-10-28(24)23-32(45)42-31(34(48)49)22-25-13-15-26(16-14-25)33(46)47)53-35(50)27-17-19-29(20-18-27)41-36(43-37(51)54-39(2,3)4)44-38(52)55-40(5,6)7/h11-21,28,31H,1,8-10,22-23H2,2-7H3,(H,42,45)(H,46,47)(H,48,49)(H2,41,43,44,51,52)/b21-12-,30-11+/t28?,31-/m0/s1. The van der Waals surface area contributed by atoms with Crippen LogP contribution in [-0.2, 0) is 30.2 Å². The third-order valence-electron chi connectivity index (χ3n) is 7.60. The molecule has 0 saturated heterocycles. The van der Waals surface area contributed by atoms with Gasteiger partial charge in [-0.05, 0) is 121 Å². The number of rotatable bonds is 10. The van der Waals surface area contributed by atoms with Crippen molar-refractivity contribution in [3.8, 4) is 0 Å². The summed E-state index contributed by atoms with van der Waals surface area (Å²) in [6.07, 6.45) is 4.84. The van der Waals surface area contributed by atoms with Crippen LogP contribution in [0.1, 0.15) is 93.5 Å². The Hall–Kier alpha value is -6.25. The van der Waals surface area contributed by atoms with Crippen LogP contribution in [-0.4, -0.2) is 69.4 Å². The first-order chi connectivity index (χ1) is 25.7. The summed E-state index contributed by atoms with van der Waals surface area (Å²) in [6.45, 7) is 14.1. The minimum atomic E-state index is -1.22. The van der Waals surface area contributed by atoms with Gasteiger partial charge < -0.3 is 35.1 Å². The number of amides is 3. The molecule has 0 bridgehead atoms. The second-order valence-corrected chi connectivity index (χ2v) is 14.7. The molecule has 294 valence electrons. The Morgan fingerprint density at radius 3 is 2.07 bits per heavy atom. The van der Waals surface area contributed by atoms with Crippen molar-refractivity contribution in [1.82, 2.24) is 10.6 Å². The van der Waals surface area contributed by atoms with Crippen LogP contribution in [0.5, 0.6) is 0 Å². The van der Waals surface area contributed by atoms with E-state index in [0.29, 0.717) is 36.1 Å². The third-order valence-corrected chi connectivity index (χ3v) is 7.60. The summed E-state index contributed by atoms with van der Waals surface area (Å²) in [5.74, 6) is -3.76. The van der Waals surface area contributed by atoms with E-state index in [4.69, 9.17) is 19.3 Å². The molecule has 15 heteroatoms. The van der Waals surface area contributed by atoms with Crippen molar-refractivity contribution in [3.63, 3.8) is 0 Å². The zero-order valence-electron chi connectivity index (χ0n) is 31.8. The highest BCUT2D eigenvalue weighted by atomic mass is 16.6. The number of allylic oxidation sites excluding steroid dienone is 4. The number of alkyl carbamates (subject to hydrolysis) is 1. The van der Waals surface area contributed by atoms with Crippen molar-refractivity contribution in [2.75, 3.05) is 5.32 Å². The molecule has 15 nitrogen and oxygen atoms in total. The molecular formula is C40H48N4O11. The average molecular weight is 761 g/mol. The number of guanidine groups is 1. The van der Waals surface area contributed by atoms with Crippen molar-refractivity contribution in [2.45, 2.75) is 90.9 Å². The fraction of sp³-hybridized carbons (Fsp3) is 0.375. The van der Waals surface area contributed by atoms with Crippen LogP contribution in [0.3, 0.4) is 0 Å². The number of nitrogens with zero attached hydrogens (tertiary/aromatic N) is 1. The maximum absolute atomic E-state index is 13.1. The number of carbonyl (C=O) groups is 6. The summed E-state index contributed by atoms with van der Waals surface area (Å²) in [7, 11) is 0. The number of carboxylic acid groups (broad SMARTS) is 2. The van der Waals surface area contributed by atoms with Crippen molar-refractivity contribution in [2.24, 2.45) is 10.9 Å². The molecule has 2 aromatic rings. The predicted molar refractivity (Wildman–Crippen MR) is 204 cm³/mol. The van der Waals surface area contributed by atoms with Gasteiger partial charge in [0, 0.05) is 18.5 Å². The SMILES string of the molecule is C=C1/C=C\C(OC(=O)c2ccc(N/C(=N/C(=O)OC(C)(C)C)NC(=O)OC(C)(C)C)cc2)=C/CCCC1CC(=O)N[C@@H](Cc1ccc(C(=O)O)cc1)C(=O)O. The highest BCUT2D eigenvalue weighted by molar-refractivity contribution is 6.06. The lowest BCUT2D eigenvalue weighted by Crippen LogP contribution is -2.43. The van der Waals surface area contributed by atoms with Gasteiger partial charge in [-0.15, -0.1) is 4.99 Å². The number of aliphatic carboxylic acids is 1. The van der Waals surface area contributed by atoms with Crippen LogP contribution in [0.4, 0.5) is 15.3 Å². The molecule has 1 aliphatic rings. The highest BCUT2D eigenvalue weighted by Gasteiger charge is 2.24. The summed E-state index contributed by atoms with van der Waals surface area (Å²) in [5.41, 5.74) is 0.135. The van der Waals surface area contributed by atoms with Crippen molar-refractivity contribution in [3.05, 3.63) is 101 Å². The first-order valence-corrected chi connectivity index (χ1v) is 17.5. The largest absolute Gasteiger partial charge is 0.480 e. The molecule has 2 atom stereocenters. The minimum Gasteiger partial charge on any atom is -0.480 e. The molecule has 0 spiro atoms. The van der Waals surface area contributed by atoms with Crippen LogP contribution in [0.15, 0.2) is 89.7 Å². The molecule has 3 amide bonds. The molecule has 1 aliphatic carbocycles. The van der Waals surface area contributed by atoms with E-state index in [1.165, 1.54) is 48.5 Å². The molecule has 0 aromatic heterocycles. The zero-order chi connectivity index (χ0) is 40.9. The van der Waals surface area contributed by atoms with Crippen molar-refractivity contribution < 1.29 is 53.2 Å². The lowest BCUT2D eigenvalue weighted by atomic mass is 9.90. The van der Waals surface area contributed by atoms with Gasteiger partial charge in [0.15, 0.2) is 0 Å². The van der Waals surface area contributed by atoms with Gasteiger partial charge in [0.2, 0.25) is 11.9 Å². The number of carbonyl (C=O) groups excluding carboxylic acids is 4. The molecule has 0 heterocycles. The molecular weight excluding hydrogens is 712 g/mol. The first-order valence-electron chi connectivity index (χ1n) is 17.5. The van der Waals surface area contributed by atoms with Gasteiger partial charge in [0.25, 0.3) is 0 Å². The van der Waals surface area contributed by atoms with Gasteiger partial charge in [-0.25, -0.2) is 24.0 Å². The molecule has 1 unspecified atom stereocenters. The molecule has 2 aromatic carbocycles. The average Bonchev–Trinajstić information content (AvgIpc) is 3.14. The number of aliphatic imine (C=N–C) groups is 1. The molecule has 55 heavy (non-hydrogen) atoms. The Labute approximate surface area is 319 Å². The Bertz CT molecular complexity index is 1850. The fourth-order valence-corrected chi connectivity index (χ4v) is 5.05. The van der Waals surface area contributed by atoms with Gasteiger partial charge in [0.1, 0.15) is 23.0 Å². The van der Waals surface area contributed by atoms with Gasteiger partial charge in [-0.2, -0.15) is 0 Å². The number of esters is 1. The van der Waals surface area contributed by atoms with Crippen molar-refractivity contribution >= 4 is 47.6 Å². The number of hydrogen-bond acceptors (Lipinski definition) is 9. The van der Waals surface area contributed by atoms with Crippen LogP contribution in [0.2, 0.25) is 0 Å². The monoisotopic (exact) mass is 760 g/mol. The summed E-state index contributed by atoms with van der Waals surface area (Å²) >= 11 is 0. The molecule has 5 N–H and O–H groups in total. The van der Waals surface area contributed by atoms with Crippen LogP contribution >= 0.6 is 0 Å². The number of aromatic carboxylic acids is 1. The topological polar surface area (TPSA) is 219 Å². The summed E-state index contributed by atoms with van der Waals surface area (Å²) in [6, 6.07) is 10.5. The normalized spacial score (nSPS) is 17.1. The van der Waals surface area contributed by atoms with Gasteiger partial charge in [-0.1, -0.05) is 30.4 Å². The summed E-state index contributed by atoms with van der Waals surface area (Å²) < 4.78 is 16.1. The summed E-state index contributed by atoms with van der Waals surface area (Å²) in [5, 5.41) is 26.6. The Morgan fingerprint density at radius 2 is 1.49 bits per heavy atom. The number of anilines is 1. The highest BCUT2D eigenvalue weighted by Crippen LogP contribution is 2.25. The molecule has 0 radical (unpaired) electrons. The lowest BCUT2D eigenvalue weighted by Gasteiger charge is -2.21. The summed E-state index contributed by atoms with van der Waals surface area (Å²) in [4.78, 5) is 77.7. The molecule has 3 rings (SSSR count). The smallest absolute Gasteiger partial charge is 0.437 e. The molecule has 0 aliphatic heterocycles. The Balaban J connectivity index is 1.62. The quantitative estimate of drug-likeness (QED) is 0.0734. The minimum absolute atomic E-state index is 0.0160. The maximum Gasteiger partial charge on any atom is 0.437 e. The second kappa shape index (κ2) is 19.2. The van der Waals surface area contributed by atoms with Crippen LogP contribution in [0, 0.1) is 5.92 Å². The number of benzene rings is 2. The number of hydrogen-bond donors (Lipinski definition) is 5. The third kappa shape index (κ3) is 15.7. The molecule has 0 saturated carbocycles.